The van der Waals surface area contributed by atoms with Gasteiger partial charge in [0, 0.05) is 18.5 Å². The van der Waals surface area contributed by atoms with Crippen LogP contribution in [0.2, 0.25) is 0 Å². The van der Waals surface area contributed by atoms with Gasteiger partial charge in [-0.05, 0) is 49.7 Å². The first kappa shape index (κ1) is 18.1. The second-order valence-corrected chi connectivity index (χ2v) is 8.47. The van der Waals surface area contributed by atoms with Crippen LogP contribution in [0.25, 0.3) is 21.2 Å². The maximum atomic E-state index is 13.4. The summed E-state index contributed by atoms with van der Waals surface area (Å²) in [4.78, 5) is 19.7. The Bertz CT molecular complexity index is 1170. The highest BCUT2D eigenvalue weighted by molar-refractivity contribution is 7.22. The van der Waals surface area contributed by atoms with Gasteiger partial charge in [0.15, 0.2) is 5.13 Å². The Labute approximate surface area is 171 Å². The molecular weight excluding hydrogens is 389 g/mol. The molecule has 148 valence electrons. The van der Waals surface area contributed by atoms with Gasteiger partial charge >= 0.3 is 0 Å². The van der Waals surface area contributed by atoms with Crippen LogP contribution in [0.3, 0.4) is 0 Å². The fourth-order valence-electron chi connectivity index (χ4n) is 3.79. The highest BCUT2D eigenvalue weighted by Gasteiger charge is 2.31. The SMILES string of the molecule is C[C@@H](NC(=O)C1CCN(c2nc3ccccc3s2)C1)c1cc2cc(F)ccc2o1. The number of benzene rings is 2. The molecule has 1 aliphatic rings. The number of nitrogens with zero attached hydrogens (tertiary/aromatic N) is 2. The van der Waals surface area contributed by atoms with Crippen molar-refractivity contribution >= 4 is 43.6 Å². The quantitative estimate of drug-likeness (QED) is 0.522. The summed E-state index contributed by atoms with van der Waals surface area (Å²) in [6, 6.07) is 14.0. The van der Waals surface area contributed by atoms with E-state index in [1.807, 2.05) is 25.1 Å². The zero-order chi connectivity index (χ0) is 20.0. The van der Waals surface area contributed by atoms with E-state index >= 15 is 0 Å². The fraction of sp³-hybridized carbons (Fsp3) is 0.273. The molecule has 1 saturated heterocycles. The van der Waals surface area contributed by atoms with Gasteiger partial charge in [-0.3, -0.25) is 4.79 Å². The number of hydrogen-bond donors (Lipinski definition) is 1. The van der Waals surface area contributed by atoms with Gasteiger partial charge in [0.05, 0.1) is 22.2 Å². The molecule has 5 nitrogen and oxygen atoms in total. The van der Waals surface area contributed by atoms with Gasteiger partial charge in [0.1, 0.15) is 17.2 Å². The van der Waals surface area contributed by atoms with Crippen molar-refractivity contribution in [2.24, 2.45) is 5.92 Å². The van der Waals surface area contributed by atoms with Crippen molar-refractivity contribution < 1.29 is 13.6 Å². The summed E-state index contributed by atoms with van der Waals surface area (Å²) in [5.74, 6) is 0.237. The number of anilines is 1. The minimum absolute atomic E-state index is 0.00717. The summed E-state index contributed by atoms with van der Waals surface area (Å²) in [6.07, 6.45) is 0.791. The molecule has 5 rings (SSSR count). The predicted molar refractivity (Wildman–Crippen MR) is 113 cm³/mol. The Morgan fingerprint density at radius 3 is 3.03 bits per heavy atom. The molecule has 2 aromatic carbocycles. The number of amides is 1. The average molecular weight is 409 g/mol. The Kier molecular flexibility index (Phi) is 4.47. The molecule has 29 heavy (non-hydrogen) atoms. The minimum atomic E-state index is -0.303. The third kappa shape index (κ3) is 3.46. The first-order valence-electron chi connectivity index (χ1n) is 9.67. The highest BCUT2D eigenvalue weighted by Crippen LogP contribution is 2.32. The lowest BCUT2D eigenvalue weighted by Crippen LogP contribution is -2.34. The summed E-state index contributed by atoms with van der Waals surface area (Å²) in [7, 11) is 0. The number of thiazole rings is 1. The predicted octanol–water partition coefficient (Wildman–Crippen LogP) is 4.89. The molecule has 1 unspecified atom stereocenters. The van der Waals surface area contributed by atoms with Crippen LogP contribution in [0.5, 0.6) is 0 Å². The molecule has 2 aromatic heterocycles. The van der Waals surface area contributed by atoms with Gasteiger partial charge < -0.3 is 14.6 Å². The largest absolute Gasteiger partial charge is 0.459 e. The molecule has 0 bridgehead atoms. The number of carbonyl (C=O) groups is 1. The number of nitrogens with one attached hydrogen (secondary N) is 1. The van der Waals surface area contributed by atoms with E-state index in [-0.39, 0.29) is 23.7 Å². The summed E-state index contributed by atoms with van der Waals surface area (Å²) in [5, 5.41) is 4.71. The van der Waals surface area contributed by atoms with E-state index in [1.54, 1.807) is 23.5 Å². The van der Waals surface area contributed by atoms with Crippen LogP contribution in [0.15, 0.2) is 52.9 Å². The van der Waals surface area contributed by atoms with Crippen LogP contribution in [-0.2, 0) is 4.79 Å². The molecule has 1 fully saturated rings. The van der Waals surface area contributed by atoms with Gasteiger partial charge in [0.25, 0.3) is 0 Å². The molecule has 4 aromatic rings. The Morgan fingerprint density at radius 1 is 1.31 bits per heavy atom. The van der Waals surface area contributed by atoms with Crippen molar-refractivity contribution in [1.82, 2.24) is 10.3 Å². The number of fused-ring (bicyclic) bond motifs is 2. The summed E-state index contributed by atoms with van der Waals surface area (Å²) in [5.41, 5.74) is 1.61. The standard InChI is InChI=1S/C22H20FN3O2S/c1-13(19-11-15-10-16(23)6-7-18(15)28-19)24-21(27)14-8-9-26(12-14)22-25-17-4-2-3-5-20(17)29-22/h2-7,10-11,13-14H,8-9,12H2,1H3,(H,24,27)/t13-,14?/m1/s1. The summed E-state index contributed by atoms with van der Waals surface area (Å²) < 4.78 is 20.3. The van der Waals surface area contributed by atoms with Crippen LogP contribution in [0, 0.1) is 11.7 Å². The molecule has 1 amide bonds. The Hall–Kier alpha value is -2.93. The smallest absolute Gasteiger partial charge is 0.225 e. The average Bonchev–Trinajstić information content (AvgIpc) is 3.44. The van der Waals surface area contributed by atoms with E-state index < -0.39 is 0 Å². The summed E-state index contributed by atoms with van der Waals surface area (Å²) >= 11 is 1.66. The first-order chi connectivity index (χ1) is 14.1. The molecule has 0 radical (unpaired) electrons. The molecule has 7 heteroatoms. The fourth-order valence-corrected chi connectivity index (χ4v) is 4.79. The molecular formula is C22H20FN3O2S. The van der Waals surface area contributed by atoms with Crippen LogP contribution in [-0.4, -0.2) is 24.0 Å². The van der Waals surface area contributed by atoms with Gasteiger partial charge in [-0.1, -0.05) is 23.5 Å². The number of hydrogen-bond acceptors (Lipinski definition) is 5. The van der Waals surface area contributed by atoms with Crippen molar-refractivity contribution in [3.63, 3.8) is 0 Å². The lowest BCUT2D eigenvalue weighted by Gasteiger charge is -2.17. The van der Waals surface area contributed by atoms with Gasteiger partial charge in [-0.2, -0.15) is 0 Å². The normalized spacial score (nSPS) is 17.9. The molecule has 3 heterocycles. The second kappa shape index (κ2) is 7.15. The van der Waals surface area contributed by atoms with Gasteiger partial charge in [-0.25, -0.2) is 9.37 Å². The number of aromatic nitrogens is 1. The van der Waals surface area contributed by atoms with Crippen molar-refractivity contribution in [3.8, 4) is 0 Å². The minimum Gasteiger partial charge on any atom is -0.459 e. The van der Waals surface area contributed by atoms with E-state index in [0.717, 1.165) is 28.3 Å². The Morgan fingerprint density at radius 2 is 2.17 bits per heavy atom. The molecule has 2 atom stereocenters. The molecule has 0 aliphatic carbocycles. The first-order valence-corrected chi connectivity index (χ1v) is 10.5. The number of furan rings is 1. The van der Waals surface area contributed by atoms with Crippen LogP contribution >= 0.6 is 11.3 Å². The van der Waals surface area contributed by atoms with Crippen molar-refractivity contribution in [2.45, 2.75) is 19.4 Å². The lowest BCUT2D eigenvalue weighted by atomic mass is 10.1. The number of para-hydroxylation sites is 1. The topological polar surface area (TPSA) is 58.4 Å². The molecule has 0 saturated carbocycles. The monoisotopic (exact) mass is 409 g/mol. The molecule has 0 spiro atoms. The number of carbonyl (C=O) groups excluding carboxylic acids is 1. The zero-order valence-corrected chi connectivity index (χ0v) is 16.7. The van der Waals surface area contributed by atoms with Crippen molar-refractivity contribution in [3.05, 3.63) is 60.1 Å². The number of halogens is 1. The van der Waals surface area contributed by atoms with E-state index in [2.05, 4.69) is 16.3 Å². The molecule has 1 aliphatic heterocycles. The lowest BCUT2D eigenvalue weighted by molar-refractivity contribution is -0.125. The molecule has 1 N–H and O–H groups in total. The zero-order valence-electron chi connectivity index (χ0n) is 15.9. The third-order valence-electron chi connectivity index (χ3n) is 5.40. The van der Waals surface area contributed by atoms with Crippen LogP contribution in [0.1, 0.15) is 25.1 Å². The van der Waals surface area contributed by atoms with Crippen LogP contribution < -0.4 is 10.2 Å². The third-order valence-corrected chi connectivity index (χ3v) is 6.49. The van der Waals surface area contributed by atoms with E-state index in [4.69, 9.17) is 9.40 Å². The Balaban J connectivity index is 1.25. The van der Waals surface area contributed by atoms with E-state index in [0.29, 0.717) is 23.3 Å². The maximum absolute atomic E-state index is 13.4. The number of rotatable bonds is 4. The van der Waals surface area contributed by atoms with Crippen molar-refractivity contribution in [1.29, 1.82) is 0 Å². The van der Waals surface area contributed by atoms with Crippen molar-refractivity contribution in [2.75, 3.05) is 18.0 Å². The second-order valence-electron chi connectivity index (χ2n) is 7.46. The van der Waals surface area contributed by atoms with Gasteiger partial charge in [0.2, 0.25) is 5.91 Å². The highest BCUT2D eigenvalue weighted by atomic mass is 32.1. The summed E-state index contributed by atoms with van der Waals surface area (Å²) in [6.45, 7) is 3.35. The van der Waals surface area contributed by atoms with Gasteiger partial charge in [-0.15, -0.1) is 0 Å². The van der Waals surface area contributed by atoms with E-state index in [1.165, 1.54) is 12.1 Å². The van der Waals surface area contributed by atoms with E-state index in [9.17, 15) is 9.18 Å². The maximum Gasteiger partial charge on any atom is 0.225 e. The van der Waals surface area contributed by atoms with Crippen LogP contribution in [0.4, 0.5) is 9.52 Å².